The van der Waals surface area contributed by atoms with Crippen molar-refractivity contribution < 1.29 is 0 Å². The van der Waals surface area contributed by atoms with Crippen LogP contribution in [-0.2, 0) is 23.6 Å². The van der Waals surface area contributed by atoms with Crippen LogP contribution in [0.1, 0.15) is 36.6 Å². The van der Waals surface area contributed by atoms with Crippen LogP contribution in [0.4, 0.5) is 0 Å². The molecule has 48 heavy (non-hydrogen) atoms. The molecule has 0 unspecified atom stereocenters. The third-order valence-corrected chi connectivity index (χ3v) is 22.9. The van der Waals surface area contributed by atoms with Gasteiger partial charge in [-0.25, -0.2) is 0 Å². The Bertz CT molecular complexity index is 1750. The normalized spacial score (nSPS) is 24.2. The van der Waals surface area contributed by atoms with Gasteiger partial charge >= 0.3 is 0 Å². The van der Waals surface area contributed by atoms with Gasteiger partial charge in [-0.15, -0.1) is 0 Å². The van der Waals surface area contributed by atoms with E-state index in [2.05, 4.69) is 150 Å². The third kappa shape index (κ3) is 5.43. The first-order chi connectivity index (χ1) is 23.0. The summed E-state index contributed by atoms with van der Waals surface area (Å²) in [6, 6.07) is 17.5. The molecule has 0 saturated carbocycles. The van der Waals surface area contributed by atoms with Gasteiger partial charge in [-0.05, 0) is 89.3 Å². The smallest absolute Gasteiger partial charge is 0.0761 e. The van der Waals surface area contributed by atoms with Crippen LogP contribution in [0.5, 0.6) is 0 Å². The van der Waals surface area contributed by atoms with Crippen LogP contribution in [0.3, 0.4) is 0 Å². The second-order valence-electron chi connectivity index (χ2n) is 13.3. The number of nitrogens with zero attached hydrogens (tertiary/aromatic N) is 6. The van der Waals surface area contributed by atoms with E-state index in [9.17, 15) is 0 Å². The molecule has 2 aromatic carbocycles. The van der Waals surface area contributed by atoms with Gasteiger partial charge in [0.1, 0.15) is 0 Å². The van der Waals surface area contributed by atoms with Gasteiger partial charge in [0, 0.05) is 117 Å². The second kappa shape index (κ2) is 13.6. The van der Waals surface area contributed by atoms with E-state index in [1.165, 1.54) is 55.4 Å². The molecule has 3 aliphatic heterocycles. The number of fused-ring (bicyclic) bond motifs is 2. The zero-order chi connectivity index (χ0) is 34.1. The summed E-state index contributed by atoms with van der Waals surface area (Å²) >= 11 is 22.1. The molecule has 0 spiro atoms. The molecule has 2 fully saturated rings. The zero-order valence-electron chi connectivity index (χ0n) is 28.8. The van der Waals surface area contributed by atoms with Crippen molar-refractivity contribution in [1.29, 1.82) is 0 Å². The summed E-state index contributed by atoms with van der Waals surface area (Å²) in [5.74, 6) is 0. The van der Waals surface area contributed by atoms with Crippen molar-refractivity contribution in [2.75, 3.05) is 65.4 Å². The van der Waals surface area contributed by atoms with E-state index >= 15 is 0 Å². The van der Waals surface area contributed by atoms with Crippen molar-refractivity contribution in [3.63, 3.8) is 0 Å². The Hall–Kier alpha value is -0.900. The molecule has 2 aromatic heterocycles. The number of hydrogen-bond acceptors (Lipinski definition) is 4. The number of halogens is 2. The van der Waals surface area contributed by atoms with Gasteiger partial charge in [0.2, 0.25) is 0 Å². The number of aromatic nitrogens is 2. The van der Waals surface area contributed by atoms with Crippen LogP contribution < -0.4 is 21.2 Å². The second-order valence-corrected chi connectivity index (χ2v) is 23.5. The largest absolute Gasteiger partial charge is 0.317 e. The average Bonchev–Trinajstić information content (AvgIpc) is 3.54. The van der Waals surface area contributed by atoms with Gasteiger partial charge < -0.3 is 18.9 Å². The molecule has 5 heterocycles. The molecule has 0 aliphatic carbocycles. The topological polar surface area (TPSA) is 22.8 Å². The number of likely N-dealkylation sites (N-methyl/N-ethyl adjacent to an activating group) is 2. The first kappa shape index (κ1) is 35.5. The van der Waals surface area contributed by atoms with Crippen molar-refractivity contribution in [3.8, 4) is 11.4 Å². The summed E-state index contributed by atoms with van der Waals surface area (Å²) < 4.78 is 12.6. The summed E-state index contributed by atoms with van der Waals surface area (Å²) in [6.45, 7) is 24.1. The molecular formula is C36H46Br2N6P2S2. The molecule has 256 valence electrons. The Balaban J connectivity index is 1.57. The van der Waals surface area contributed by atoms with Crippen LogP contribution >= 0.6 is 44.2 Å². The number of rotatable bonds is 6. The Labute approximate surface area is 313 Å². The molecular weight excluding hydrogens is 802 g/mol. The Morgan fingerprint density at radius 3 is 1.02 bits per heavy atom. The van der Waals surface area contributed by atoms with E-state index in [-0.39, 0.29) is 0 Å². The van der Waals surface area contributed by atoms with Crippen molar-refractivity contribution in [1.82, 2.24) is 28.3 Å². The molecule has 7 rings (SSSR count). The molecule has 0 N–H and O–H groups in total. The van der Waals surface area contributed by atoms with E-state index in [0.717, 1.165) is 74.4 Å². The van der Waals surface area contributed by atoms with Crippen LogP contribution in [0.25, 0.3) is 11.4 Å². The highest BCUT2D eigenvalue weighted by molar-refractivity contribution is 9.10. The van der Waals surface area contributed by atoms with Gasteiger partial charge in [0.15, 0.2) is 0 Å². The molecule has 6 nitrogen and oxygen atoms in total. The molecule has 0 radical (unpaired) electrons. The summed E-state index contributed by atoms with van der Waals surface area (Å²) in [5, 5.41) is 5.53. The van der Waals surface area contributed by atoms with Crippen molar-refractivity contribution in [2.24, 2.45) is 0 Å². The molecule has 4 aromatic rings. The highest BCUT2D eigenvalue weighted by Gasteiger charge is 2.53. The lowest BCUT2D eigenvalue weighted by molar-refractivity contribution is 0.201. The lowest BCUT2D eigenvalue weighted by Crippen LogP contribution is -2.56. The summed E-state index contributed by atoms with van der Waals surface area (Å²) in [4.78, 5) is 5.13. The van der Waals surface area contributed by atoms with Gasteiger partial charge in [-0.3, -0.25) is 9.34 Å². The minimum atomic E-state index is -2.50. The molecule has 0 bridgehead atoms. The third-order valence-electron chi connectivity index (χ3n) is 10.9. The maximum absolute atomic E-state index is 7.38. The van der Waals surface area contributed by atoms with Crippen molar-refractivity contribution in [3.05, 3.63) is 80.3 Å². The lowest BCUT2D eigenvalue weighted by Gasteiger charge is -2.49. The lowest BCUT2D eigenvalue weighted by atomic mass is 10.3. The first-order valence-electron chi connectivity index (χ1n) is 17.1. The minimum Gasteiger partial charge on any atom is -0.317 e. The van der Waals surface area contributed by atoms with Crippen LogP contribution in [-0.4, -0.2) is 93.7 Å². The Morgan fingerprint density at radius 2 is 0.771 bits per heavy atom. The predicted octanol–water partition coefficient (Wildman–Crippen LogP) is 6.31. The maximum atomic E-state index is 7.38. The minimum absolute atomic E-state index is 0.978. The van der Waals surface area contributed by atoms with Crippen LogP contribution in [0, 0.1) is 27.7 Å². The van der Waals surface area contributed by atoms with Gasteiger partial charge in [0.05, 0.1) is 12.4 Å². The fourth-order valence-electron chi connectivity index (χ4n) is 8.48. The maximum Gasteiger partial charge on any atom is 0.0761 e. The van der Waals surface area contributed by atoms with E-state index in [1.54, 1.807) is 0 Å². The first-order valence-corrected chi connectivity index (χ1v) is 24.2. The summed E-state index contributed by atoms with van der Waals surface area (Å²) in [5.41, 5.74) is 7.43. The SMILES string of the molecule is CCN1CCN(P2(=S)c3c(c(C)n(-c4ccc(Br)cc4)c3C)P(=S)(N3CCN(CC)CC3)c3c2c(C)n(-c2ccc(Br)cc2)c3C)CC1. The summed E-state index contributed by atoms with van der Waals surface area (Å²) in [6.07, 6.45) is -5.00. The van der Waals surface area contributed by atoms with E-state index in [1.807, 2.05) is 0 Å². The average molecular weight is 849 g/mol. The molecule has 0 amide bonds. The zero-order valence-corrected chi connectivity index (χ0v) is 35.4. The predicted molar refractivity (Wildman–Crippen MR) is 220 cm³/mol. The highest BCUT2D eigenvalue weighted by Crippen LogP contribution is 2.62. The Kier molecular flexibility index (Phi) is 10.0. The van der Waals surface area contributed by atoms with Crippen molar-refractivity contribution in [2.45, 2.75) is 41.5 Å². The van der Waals surface area contributed by atoms with Crippen molar-refractivity contribution >= 4 is 89.1 Å². The van der Waals surface area contributed by atoms with E-state index < -0.39 is 12.4 Å². The van der Waals surface area contributed by atoms with E-state index in [0.29, 0.717) is 0 Å². The molecule has 3 aliphatic rings. The fraction of sp³-hybridized carbons (Fsp3) is 0.444. The molecule has 0 atom stereocenters. The van der Waals surface area contributed by atoms with Gasteiger partial charge in [-0.2, -0.15) is 0 Å². The quantitative estimate of drug-likeness (QED) is 0.211. The van der Waals surface area contributed by atoms with Crippen LogP contribution in [0.2, 0.25) is 0 Å². The highest BCUT2D eigenvalue weighted by atomic mass is 79.9. The summed E-state index contributed by atoms with van der Waals surface area (Å²) in [7, 11) is 0. The standard InChI is InChI=1S/C36H46Br2N6P2S2/c1-7-39-17-21-41(22-18-39)45(47)33-25(3)43(31-13-9-29(37)10-14-31)27(5)35(33)46(48,42-23-19-40(8-2)20-24-42)36-28(6)44(26(4)34(36)45)32-15-11-30(38)12-16-32/h9-16H,7-8,17-24H2,1-6H3. The van der Waals surface area contributed by atoms with Gasteiger partial charge in [-0.1, -0.05) is 69.3 Å². The van der Waals surface area contributed by atoms with Gasteiger partial charge in [0.25, 0.3) is 0 Å². The Morgan fingerprint density at radius 1 is 0.500 bits per heavy atom. The van der Waals surface area contributed by atoms with E-state index in [4.69, 9.17) is 23.6 Å². The molecule has 12 heteroatoms. The van der Waals surface area contributed by atoms with Crippen LogP contribution in [0.15, 0.2) is 57.5 Å². The monoisotopic (exact) mass is 846 g/mol. The number of benzene rings is 2. The fourth-order valence-corrected chi connectivity index (χ4v) is 22.2. The number of hydrogen-bond donors (Lipinski definition) is 0. The molecule has 2 saturated heterocycles. The number of piperazine rings is 2.